The largest absolute Gasteiger partial charge is 0.455 e. The van der Waals surface area contributed by atoms with Crippen molar-refractivity contribution in [3.05, 3.63) is 176 Å². The summed E-state index contributed by atoms with van der Waals surface area (Å²) in [5.41, 5.74) is 9.77. The van der Waals surface area contributed by atoms with Crippen LogP contribution in [0.3, 0.4) is 0 Å². The molecule has 0 fully saturated rings. The molecule has 0 saturated carbocycles. The molecule has 10 rings (SSSR count). The van der Waals surface area contributed by atoms with Gasteiger partial charge in [0.2, 0.25) is 0 Å². The molecule has 8 aromatic carbocycles. The Balaban J connectivity index is 1.13. The lowest BCUT2D eigenvalue weighted by Gasteiger charge is -2.28. The Morgan fingerprint density at radius 2 is 1.08 bits per heavy atom. The highest BCUT2D eigenvalue weighted by molar-refractivity contribution is 7.25. The number of benzene rings is 8. The van der Waals surface area contributed by atoms with Crippen LogP contribution in [-0.4, -0.2) is 0 Å². The van der Waals surface area contributed by atoms with E-state index < -0.39 is 0 Å². The summed E-state index contributed by atoms with van der Waals surface area (Å²) in [5, 5.41) is 7.34. The molecule has 2 nitrogen and oxygen atoms in total. The molecule has 230 valence electrons. The first kappa shape index (κ1) is 27.9. The SMILES string of the molecule is c1ccc(N(c2ccc(-c3cccc4c3oc3ccccc34)cc2)c2ccc3ccccc3c2)c(-c2ccc3c(c2)sc2ccccc23)c1. The first-order chi connectivity index (χ1) is 24.3. The van der Waals surface area contributed by atoms with Gasteiger partial charge in [-0.1, -0.05) is 127 Å². The number of furan rings is 1. The predicted molar refractivity (Wildman–Crippen MR) is 210 cm³/mol. The van der Waals surface area contributed by atoms with Gasteiger partial charge in [0.05, 0.1) is 5.69 Å². The van der Waals surface area contributed by atoms with Crippen LogP contribution in [0.25, 0.3) is 75.1 Å². The Morgan fingerprint density at radius 3 is 2.00 bits per heavy atom. The number of thiophene rings is 1. The van der Waals surface area contributed by atoms with Gasteiger partial charge in [0, 0.05) is 53.4 Å². The zero-order chi connectivity index (χ0) is 32.3. The Hall–Kier alpha value is -6.16. The molecule has 0 aliphatic carbocycles. The zero-order valence-corrected chi connectivity index (χ0v) is 27.3. The monoisotopic (exact) mass is 643 g/mol. The highest BCUT2D eigenvalue weighted by Crippen LogP contribution is 2.44. The first-order valence-corrected chi connectivity index (χ1v) is 17.4. The van der Waals surface area contributed by atoms with E-state index in [4.69, 9.17) is 4.42 Å². The lowest BCUT2D eigenvalue weighted by molar-refractivity contribution is 0.670. The fraction of sp³-hybridized carbons (Fsp3) is 0. The fourth-order valence-corrected chi connectivity index (χ4v) is 8.46. The van der Waals surface area contributed by atoms with Crippen molar-refractivity contribution in [3.63, 3.8) is 0 Å². The molecule has 3 heteroatoms. The molecule has 0 aliphatic rings. The maximum atomic E-state index is 6.40. The lowest BCUT2D eigenvalue weighted by Crippen LogP contribution is -2.11. The molecule has 0 atom stereocenters. The summed E-state index contributed by atoms with van der Waals surface area (Å²) in [7, 11) is 0. The first-order valence-electron chi connectivity index (χ1n) is 16.6. The van der Waals surface area contributed by atoms with Crippen LogP contribution >= 0.6 is 11.3 Å². The molecule has 0 radical (unpaired) electrons. The molecule has 0 saturated heterocycles. The van der Waals surface area contributed by atoms with E-state index in [2.05, 4.69) is 169 Å². The molecule has 0 amide bonds. The van der Waals surface area contributed by atoms with Crippen molar-refractivity contribution in [3.8, 4) is 22.3 Å². The van der Waals surface area contributed by atoms with Crippen molar-refractivity contribution in [2.75, 3.05) is 4.90 Å². The molecule has 0 spiro atoms. The van der Waals surface area contributed by atoms with E-state index in [-0.39, 0.29) is 0 Å². The number of para-hydroxylation sites is 3. The summed E-state index contributed by atoms with van der Waals surface area (Å²) in [6.07, 6.45) is 0. The average molecular weight is 644 g/mol. The highest BCUT2D eigenvalue weighted by atomic mass is 32.1. The van der Waals surface area contributed by atoms with Crippen molar-refractivity contribution >= 4 is 81.3 Å². The topological polar surface area (TPSA) is 16.4 Å². The second-order valence-electron chi connectivity index (χ2n) is 12.5. The quantitative estimate of drug-likeness (QED) is 0.186. The normalized spacial score (nSPS) is 11.7. The Morgan fingerprint density at radius 1 is 0.408 bits per heavy atom. The van der Waals surface area contributed by atoms with E-state index in [1.54, 1.807) is 0 Å². The molecule has 10 aromatic rings. The minimum absolute atomic E-state index is 0.912. The van der Waals surface area contributed by atoms with E-state index in [0.717, 1.165) is 50.1 Å². The third-order valence-electron chi connectivity index (χ3n) is 9.67. The van der Waals surface area contributed by atoms with E-state index in [1.165, 1.54) is 42.1 Å². The van der Waals surface area contributed by atoms with Gasteiger partial charge in [-0.3, -0.25) is 0 Å². The van der Waals surface area contributed by atoms with Gasteiger partial charge in [-0.25, -0.2) is 0 Å². The van der Waals surface area contributed by atoms with E-state index >= 15 is 0 Å². The molecular weight excluding hydrogens is 615 g/mol. The fourth-order valence-electron chi connectivity index (χ4n) is 7.31. The number of nitrogens with zero attached hydrogens (tertiary/aromatic N) is 1. The third kappa shape index (κ3) is 4.62. The maximum absolute atomic E-state index is 6.40. The van der Waals surface area contributed by atoms with E-state index in [1.807, 2.05) is 23.5 Å². The number of fused-ring (bicyclic) bond motifs is 7. The minimum Gasteiger partial charge on any atom is -0.455 e. The third-order valence-corrected chi connectivity index (χ3v) is 10.8. The van der Waals surface area contributed by atoms with E-state index in [9.17, 15) is 0 Å². The Bertz CT molecular complexity index is 2840. The van der Waals surface area contributed by atoms with Gasteiger partial charge >= 0.3 is 0 Å². The van der Waals surface area contributed by atoms with Gasteiger partial charge in [-0.05, 0) is 70.4 Å². The summed E-state index contributed by atoms with van der Waals surface area (Å²) in [4.78, 5) is 2.39. The number of hydrogen-bond donors (Lipinski definition) is 0. The second kappa shape index (κ2) is 11.2. The van der Waals surface area contributed by atoms with Crippen LogP contribution in [0.2, 0.25) is 0 Å². The van der Waals surface area contributed by atoms with Gasteiger partial charge in [0.15, 0.2) is 0 Å². The number of hydrogen-bond acceptors (Lipinski definition) is 3. The summed E-state index contributed by atoms with van der Waals surface area (Å²) >= 11 is 1.86. The van der Waals surface area contributed by atoms with Crippen LogP contribution in [0.4, 0.5) is 17.1 Å². The standard InChI is InChI=1S/C46H29NOS/c1-2-11-32-28-35(26-20-30(32)10-1)47(34-24-21-31(22-25-34)37-15-9-16-41-38-13-4-7-18-43(38)48-46(37)41)42-17-6-3-12-36(42)33-23-27-40-39-14-5-8-19-44(39)49-45(40)29-33/h1-29H. The van der Waals surface area contributed by atoms with Gasteiger partial charge in [0.1, 0.15) is 11.2 Å². The van der Waals surface area contributed by atoms with Crippen molar-refractivity contribution in [1.29, 1.82) is 0 Å². The second-order valence-corrected chi connectivity index (χ2v) is 13.6. The molecule has 49 heavy (non-hydrogen) atoms. The molecule has 0 bridgehead atoms. The lowest BCUT2D eigenvalue weighted by atomic mass is 9.99. The van der Waals surface area contributed by atoms with Gasteiger partial charge in [0.25, 0.3) is 0 Å². The molecule has 2 heterocycles. The average Bonchev–Trinajstić information content (AvgIpc) is 3.74. The van der Waals surface area contributed by atoms with Crippen LogP contribution in [0.5, 0.6) is 0 Å². The minimum atomic E-state index is 0.912. The number of rotatable bonds is 5. The molecule has 0 aliphatic heterocycles. The summed E-state index contributed by atoms with van der Waals surface area (Å²) in [6, 6.07) is 63.3. The van der Waals surface area contributed by atoms with Crippen molar-refractivity contribution in [2.45, 2.75) is 0 Å². The molecular formula is C46H29NOS. The summed E-state index contributed by atoms with van der Waals surface area (Å²) < 4.78 is 9.02. The van der Waals surface area contributed by atoms with Crippen LogP contribution in [0.1, 0.15) is 0 Å². The van der Waals surface area contributed by atoms with Crippen LogP contribution in [-0.2, 0) is 0 Å². The zero-order valence-electron chi connectivity index (χ0n) is 26.5. The van der Waals surface area contributed by atoms with Crippen molar-refractivity contribution in [1.82, 2.24) is 0 Å². The molecule has 0 N–H and O–H groups in total. The van der Waals surface area contributed by atoms with Crippen molar-refractivity contribution < 1.29 is 4.42 Å². The van der Waals surface area contributed by atoms with Gasteiger partial charge < -0.3 is 9.32 Å². The van der Waals surface area contributed by atoms with Crippen LogP contribution in [0, 0.1) is 0 Å². The molecule has 2 aromatic heterocycles. The predicted octanol–water partition coefficient (Wildman–Crippen LogP) is 13.9. The van der Waals surface area contributed by atoms with Crippen LogP contribution in [0.15, 0.2) is 180 Å². The van der Waals surface area contributed by atoms with E-state index in [0.29, 0.717) is 0 Å². The Labute approximate surface area is 287 Å². The maximum Gasteiger partial charge on any atom is 0.143 e. The number of anilines is 3. The molecule has 0 unspecified atom stereocenters. The van der Waals surface area contributed by atoms with Crippen molar-refractivity contribution in [2.24, 2.45) is 0 Å². The Kier molecular flexibility index (Phi) is 6.39. The van der Waals surface area contributed by atoms with Crippen LogP contribution < -0.4 is 4.90 Å². The highest BCUT2D eigenvalue weighted by Gasteiger charge is 2.19. The smallest absolute Gasteiger partial charge is 0.143 e. The van der Waals surface area contributed by atoms with Gasteiger partial charge in [-0.2, -0.15) is 0 Å². The van der Waals surface area contributed by atoms with Gasteiger partial charge in [-0.15, -0.1) is 11.3 Å². The summed E-state index contributed by atoms with van der Waals surface area (Å²) in [5.74, 6) is 0. The summed E-state index contributed by atoms with van der Waals surface area (Å²) in [6.45, 7) is 0.